The predicted molar refractivity (Wildman–Crippen MR) is 77.8 cm³/mol. The number of hydrogen-bond acceptors (Lipinski definition) is 5. The minimum absolute atomic E-state index is 0.0276. The van der Waals surface area contributed by atoms with Crippen LogP contribution in [0.2, 0.25) is 0 Å². The molecule has 1 heterocycles. The van der Waals surface area contributed by atoms with Crippen LogP contribution in [0.3, 0.4) is 0 Å². The molecule has 108 valence electrons. The van der Waals surface area contributed by atoms with Crippen molar-refractivity contribution in [2.45, 2.75) is 13.0 Å². The second-order valence-electron chi connectivity index (χ2n) is 4.23. The molecule has 0 spiro atoms. The van der Waals surface area contributed by atoms with E-state index >= 15 is 0 Å². The van der Waals surface area contributed by atoms with Gasteiger partial charge in [0.25, 0.3) is 5.91 Å². The molecule has 2 rings (SSSR count). The van der Waals surface area contributed by atoms with E-state index in [1.54, 1.807) is 24.3 Å². The summed E-state index contributed by atoms with van der Waals surface area (Å²) in [7, 11) is 0. The Hall–Kier alpha value is -2.96. The van der Waals surface area contributed by atoms with Crippen LogP contribution in [0, 0.1) is 0 Å². The molecule has 0 aliphatic heterocycles. The number of aromatic nitrogens is 3. The number of amides is 1. The first-order valence-electron chi connectivity index (χ1n) is 6.26. The molecule has 21 heavy (non-hydrogen) atoms. The third-order valence-corrected chi connectivity index (χ3v) is 2.68. The Morgan fingerprint density at radius 1 is 1.52 bits per heavy atom. The number of carbonyl (C=O) groups is 1. The Morgan fingerprint density at radius 3 is 3.10 bits per heavy atom. The lowest BCUT2D eigenvalue weighted by atomic mass is 10.1. The average Bonchev–Trinajstić information content (AvgIpc) is 2.96. The van der Waals surface area contributed by atoms with E-state index in [9.17, 15) is 9.90 Å². The smallest absolute Gasteiger partial charge is 0.261 e. The third-order valence-electron chi connectivity index (χ3n) is 2.68. The molecule has 0 aliphatic carbocycles. The topological polar surface area (TPSA) is 92.4 Å². The molecule has 7 heteroatoms. The maximum atomic E-state index is 11.6. The Morgan fingerprint density at radius 2 is 2.38 bits per heavy atom. The van der Waals surface area contributed by atoms with Gasteiger partial charge in [-0.25, -0.2) is 15.1 Å². The Balaban J connectivity index is 1.96. The molecule has 1 amide bonds. The van der Waals surface area contributed by atoms with Gasteiger partial charge in [0.1, 0.15) is 24.9 Å². The lowest BCUT2D eigenvalue weighted by Gasteiger charge is -2.04. The summed E-state index contributed by atoms with van der Waals surface area (Å²) >= 11 is 0. The van der Waals surface area contributed by atoms with Crippen LogP contribution < -0.4 is 5.43 Å². The normalized spacial score (nSPS) is 10.7. The van der Waals surface area contributed by atoms with Crippen molar-refractivity contribution in [3.05, 3.63) is 54.6 Å². The minimum Gasteiger partial charge on any atom is -0.507 e. The molecule has 1 aromatic heterocycles. The number of nitrogens with zero attached hydrogens (tertiary/aromatic N) is 4. The van der Waals surface area contributed by atoms with Gasteiger partial charge in [-0.2, -0.15) is 10.2 Å². The van der Waals surface area contributed by atoms with Crippen LogP contribution in [0.15, 0.2) is 48.6 Å². The molecule has 0 saturated carbocycles. The molecule has 0 bridgehead atoms. The highest BCUT2D eigenvalue weighted by Crippen LogP contribution is 2.21. The van der Waals surface area contributed by atoms with Crippen molar-refractivity contribution in [2.75, 3.05) is 0 Å². The zero-order chi connectivity index (χ0) is 15.1. The molecule has 1 aromatic carbocycles. The lowest BCUT2D eigenvalue weighted by Crippen LogP contribution is -2.23. The van der Waals surface area contributed by atoms with E-state index in [4.69, 9.17) is 0 Å². The molecular formula is C14H15N5O2. The Kier molecular flexibility index (Phi) is 4.81. The molecule has 0 saturated heterocycles. The summed E-state index contributed by atoms with van der Waals surface area (Å²) in [4.78, 5) is 15.3. The number of phenolic OH excluding ortho intramolecular Hbond substituents is 1. The van der Waals surface area contributed by atoms with Crippen LogP contribution in [0.4, 0.5) is 0 Å². The van der Waals surface area contributed by atoms with E-state index in [0.717, 1.165) is 5.56 Å². The average molecular weight is 285 g/mol. The molecule has 2 N–H and O–H groups in total. The van der Waals surface area contributed by atoms with E-state index in [1.807, 2.05) is 0 Å². The Labute approximate surface area is 121 Å². The van der Waals surface area contributed by atoms with E-state index in [0.29, 0.717) is 12.0 Å². The number of allylic oxidation sites excluding steroid dienone is 1. The van der Waals surface area contributed by atoms with Crippen LogP contribution in [-0.2, 0) is 17.8 Å². The maximum absolute atomic E-state index is 11.6. The van der Waals surface area contributed by atoms with Gasteiger partial charge >= 0.3 is 0 Å². The summed E-state index contributed by atoms with van der Waals surface area (Å²) in [6.45, 7) is 3.66. The van der Waals surface area contributed by atoms with Crippen molar-refractivity contribution in [2.24, 2.45) is 5.10 Å². The highest BCUT2D eigenvalue weighted by molar-refractivity contribution is 5.85. The van der Waals surface area contributed by atoms with Crippen LogP contribution in [-0.4, -0.2) is 32.0 Å². The maximum Gasteiger partial charge on any atom is 0.261 e. The van der Waals surface area contributed by atoms with E-state index in [1.165, 1.54) is 23.6 Å². The van der Waals surface area contributed by atoms with Crippen LogP contribution in [0.25, 0.3) is 0 Å². The summed E-state index contributed by atoms with van der Waals surface area (Å²) in [6, 6.07) is 5.31. The van der Waals surface area contributed by atoms with E-state index in [2.05, 4.69) is 27.2 Å². The zero-order valence-electron chi connectivity index (χ0n) is 11.3. The summed E-state index contributed by atoms with van der Waals surface area (Å²) in [5, 5.41) is 17.6. The fourth-order valence-corrected chi connectivity index (χ4v) is 1.71. The number of aromatic hydroxyl groups is 1. The molecular weight excluding hydrogens is 270 g/mol. The van der Waals surface area contributed by atoms with Crippen molar-refractivity contribution in [1.82, 2.24) is 20.2 Å². The van der Waals surface area contributed by atoms with Crippen molar-refractivity contribution in [1.29, 1.82) is 0 Å². The number of para-hydroxylation sites is 1. The van der Waals surface area contributed by atoms with Gasteiger partial charge in [-0.1, -0.05) is 18.2 Å². The first-order valence-corrected chi connectivity index (χ1v) is 6.26. The summed E-state index contributed by atoms with van der Waals surface area (Å²) in [5.41, 5.74) is 3.63. The number of hydrogen-bond donors (Lipinski definition) is 2. The standard InChI is InChI=1S/C14H15N5O2/c1-2-4-11-5-3-6-12(14(11)21)7-16-18-13(20)8-19-10-15-9-17-19/h2-3,5-7,9-10,21H,1,4,8H2,(H,18,20). The second-order valence-corrected chi connectivity index (χ2v) is 4.23. The quantitative estimate of drug-likeness (QED) is 0.468. The highest BCUT2D eigenvalue weighted by atomic mass is 16.3. The number of benzene rings is 1. The van der Waals surface area contributed by atoms with Gasteiger partial charge in [-0.3, -0.25) is 4.79 Å². The monoisotopic (exact) mass is 285 g/mol. The van der Waals surface area contributed by atoms with Crippen molar-refractivity contribution in [3.63, 3.8) is 0 Å². The van der Waals surface area contributed by atoms with E-state index < -0.39 is 0 Å². The number of nitrogens with one attached hydrogen (secondary N) is 1. The van der Waals surface area contributed by atoms with Crippen molar-refractivity contribution in [3.8, 4) is 5.75 Å². The second kappa shape index (κ2) is 6.99. The van der Waals surface area contributed by atoms with E-state index in [-0.39, 0.29) is 18.2 Å². The number of hydrazone groups is 1. The molecule has 0 radical (unpaired) electrons. The molecule has 0 unspecified atom stereocenters. The number of carbonyl (C=O) groups excluding carboxylic acids is 1. The van der Waals surface area contributed by atoms with Gasteiger partial charge in [-0.05, 0) is 18.1 Å². The largest absolute Gasteiger partial charge is 0.507 e. The van der Waals surface area contributed by atoms with Crippen LogP contribution >= 0.6 is 0 Å². The highest BCUT2D eigenvalue weighted by Gasteiger charge is 2.04. The SMILES string of the molecule is C=CCc1cccc(C=NNC(=O)Cn2cncn2)c1O. The van der Waals surface area contributed by atoms with Crippen LogP contribution in [0.1, 0.15) is 11.1 Å². The minimum atomic E-state index is -0.335. The van der Waals surface area contributed by atoms with Gasteiger partial charge in [0.2, 0.25) is 0 Å². The molecule has 2 aromatic rings. The summed E-state index contributed by atoms with van der Waals surface area (Å²) in [5.74, 6) is -0.204. The molecule has 0 fully saturated rings. The predicted octanol–water partition coefficient (Wildman–Crippen LogP) is 0.863. The zero-order valence-corrected chi connectivity index (χ0v) is 11.3. The van der Waals surface area contributed by atoms with Crippen molar-refractivity contribution < 1.29 is 9.90 Å². The fourth-order valence-electron chi connectivity index (χ4n) is 1.71. The van der Waals surface area contributed by atoms with Gasteiger partial charge < -0.3 is 5.11 Å². The van der Waals surface area contributed by atoms with Gasteiger partial charge in [0.05, 0.1) is 6.21 Å². The van der Waals surface area contributed by atoms with Gasteiger partial charge in [-0.15, -0.1) is 6.58 Å². The van der Waals surface area contributed by atoms with Crippen molar-refractivity contribution >= 4 is 12.1 Å². The lowest BCUT2D eigenvalue weighted by molar-refractivity contribution is -0.121. The van der Waals surface area contributed by atoms with Gasteiger partial charge in [0.15, 0.2) is 0 Å². The molecule has 7 nitrogen and oxygen atoms in total. The number of rotatable bonds is 6. The summed E-state index contributed by atoms with van der Waals surface area (Å²) in [6.07, 6.45) is 6.44. The fraction of sp³-hybridized carbons (Fsp3) is 0.143. The Bertz CT molecular complexity index is 649. The van der Waals surface area contributed by atoms with Gasteiger partial charge in [0, 0.05) is 5.56 Å². The summed E-state index contributed by atoms with van der Waals surface area (Å²) < 4.78 is 1.38. The van der Waals surface area contributed by atoms with Crippen LogP contribution in [0.5, 0.6) is 5.75 Å². The first-order chi connectivity index (χ1) is 10.2. The molecule has 0 atom stereocenters. The molecule has 0 aliphatic rings. The number of phenols is 1. The first kappa shape index (κ1) is 14.4. The third kappa shape index (κ3) is 4.00.